The summed E-state index contributed by atoms with van der Waals surface area (Å²) in [5, 5.41) is 10.7. The maximum atomic E-state index is 12.4. The Morgan fingerprint density at radius 3 is 2.70 bits per heavy atom. The molecule has 1 aromatic carbocycles. The quantitative estimate of drug-likeness (QED) is 0.606. The van der Waals surface area contributed by atoms with Crippen molar-refractivity contribution in [2.75, 3.05) is 13.2 Å². The molecule has 0 aliphatic carbocycles. The molecule has 0 N–H and O–H groups in total. The third kappa shape index (κ3) is 3.17. The van der Waals surface area contributed by atoms with Gasteiger partial charge in [0, 0.05) is 23.2 Å². The van der Waals surface area contributed by atoms with Crippen molar-refractivity contribution >= 4 is 31.6 Å². The van der Waals surface area contributed by atoms with Gasteiger partial charge in [-0.1, -0.05) is 4.47 Å². The van der Waals surface area contributed by atoms with Crippen LogP contribution in [0.3, 0.4) is 0 Å². The van der Waals surface area contributed by atoms with Crippen LogP contribution in [0.2, 0.25) is 0 Å². The molecule has 0 atom stereocenters. The fraction of sp³-hybridized carbons (Fsp3) is 0.455. The van der Waals surface area contributed by atoms with Crippen molar-refractivity contribution in [3.05, 3.63) is 32.8 Å². The third-order valence-electron chi connectivity index (χ3n) is 2.89. The van der Waals surface area contributed by atoms with E-state index in [1.54, 1.807) is 0 Å². The van der Waals surface area contributed by atoms with Gasteiger partial charge < -0.3 is 0 Å². The largest absolute Gasteiger partial charge is 0.284 e. The van der Waals surface area contributed by atoms with Crippen LogP contribution in [-0.2, 0) is 14.9 Å². The van der Waals surface area contributed by atoms with Crippen molar-refractivity contribution in [3.8, 4) is 0 Å². The Bertz CT molecular complexity index is 611. The molecule has 0 bridgehead atoms. The van der Waals surface area contributed by atoms with Gasteiger partial charge in [-0.15, -0.1) is 0 Å². The number of hydrogen-bond acceptors (Lipinski definition) is 5. The minimum absolute atomic E-state index is 0.0370. The van der Waals surface area contributed by atoms with Crippen molar-refractivity contribution in [3.63, 3.8) is 0 Å². The van der Waals surface area contributed by atoms with Crippen LogP contribution in [0.15, 0.2) is 27.6 Å². The average Bonchev–Trinajstić information content (AvgIpc) is 2.67. The van der Waals surface area contributed by atoms with Gasteiger partial charge >= 0.3 is 0 Å². The monoisotopic (exact) mass is 364 g/mol. The van der Waals surface area contributed by atoms with E-state index in [2.05, 4.69) is 15.9 Å². The van der Waals surface area contributed by atoms with Gasteiger partial charge in [0.1, 0.15) is 0 Å². The van der Waals surface area contributed by atoms with Gasteiger partial charge in [0.25, 0.3) is 15.7 Å². The second-order valence-electron chi connectivity index (χ2n) is 4.30. The van der Waals surface area contributed by atoms with Gasteiger partial charge in [-0.3, -0.25) is 15.0 Å². The molecule has 0 spiro atoms. The summed E-state index contributed by atoms with van der Waals surface area (Å²) >= 11 is 3.07. The van der Waals surface area contributed by atoms with Crippen LogP contribution >= 0.6 is 15.9 Å². The van der Waals surface area contributed by atoms with Crippen LogP contribution in [0.25, 0.3) is 0 Å². The standard InChI is InChI=1S/C11H13BrN2O5S/c12-10-8-9(14(15)16)4-5-11(10)20(17,18)13-6-2-1-3-7-19-13/h4-5,8H,1-3,6-7H2. The van der Waals surface area contributed by atoms with Crippen molar-refractivity contribution in [1.82, 2.24) is 4.47 Å². The number of hydrogen-bond donors (Lipinski definition) is 0. The molecule has 20 heavy (non-hydrogen) atoms. The van der Waals surface area contributed by atoms with Crippen molar-refractivity contribution in [1.29, 1.82) is 0 Å². The molecule has 2 rings (SSSR count). The van der Waals surface area contributed by atoms with Crippen LogP contribution in [0.5, 0.6) is 0 Å². The first-order valence-corrected chi connectivity index (χ1v) is 8.26. The smallest absolute Gasteiger partial charge is 0.270 e. The average molecular weight is 365 g/mol. The molecule has 1 aliphatic heterocycles. The number of non-ortho nitro benzene ring substituents is 1. The van der Waals surface area contributed by atoms with Crippen molar-refractivity contribution in [2.45, 2.75) is 24.2 Å². The highest BCUT2D eigenvalue weighted by Gasteiger charge is 2.29. The van der Waals surface area contributed by atoms with E-state index in [0.717, 1.165) is 29.8 Å². The van der Waals surface area contributed by atoms with Gasteiger partial charge in [-0.25, -0.2) is 8.42 Å². The summed E-state index contributed by atoms with van der Waals surface area (Å²) in [5.74, 6) is 0. The number of hydroxylamine groups is 1. The maximum Gasteiger partial charge on any atom is 0.270 e. The lowest BCUT2D eigenvalue weighted by atomic mass is 10.2. The first kappa shape index (κ1) is 15.4. The minimum Gasteiger partial charge on any atom is -0.284 e. The summed E-state index contributed by atoms with van der Waals surface area (Å²) in [6.07, 6.45) is 2.45. The van der Waals surface area contributed by atoms with E-state index in [0.29, 0.717) is 6.61 Å². The number of nitrogens with zero attached hydrogens (tertiary/aromatic N) is 2. The Kier molecular flexibility index (Phi) is 4.74. The lowest BCUT2D eigenvalue weighted by molar-refractivity contribution is -0.385. The summed E-state index contributed by atoms with van der Waals surface area (Å²) < 4.78 is 26.0. The lowest BCUT2D eigenvalue weighted by Gasteiger charge is -2.19. The first-order valence-electron chi connectivity index (χ1n) is 6.02. The molecular weight excluding hydrogens is 352 g/mol. The second-order valence-corrected chi connectivity index (χ2v) is 6.95. The van der Waals surface area contributed by atoms with E-state index in [1.807, 2.05) is 0 Å². The Morgan fingerprint density at radius 2 is 2.05 bits per heavy atom. The van der Waals surface area contributed by atoms with E-state index in [9.17, 15) is 18.5 Å². The fourth-order valence-electron chi connectivity index (χ4n) is 1.86. The molecule has 7 nitrogen and oxygen atoms in total. The molecule has 1 fully saturated rings. The molecule has 0 radical (unpaired) electrons. The topological polar surface area (TPSA) is 89.8 Å². The van der Waals surface area contributed by atoms with E-state index in [4.69, 9.17) is 4.84 Å². The summed E-state index contributed by atoms with van der Waals surface area (Å²) in [6, 6.07) is 3.55. The molecule has 1 aliphatic rings. The van der Waals surface area contributed by atoms with E-state index < -0.39 is 14.9 Å². The van der Waals surface area contributed by atoms with E-state index in [-0.39, 0.29) is 21.6 Å². The predicted octanol–water partition coefficient (Wildman–Crippen LogP) is 2.46. The summed E-state index contributed by atoms with van der Waals surface area (Å²) in [5.41, 5.74) is -0.174. The highest BCUT2D eigenvalue weighted by molar-refractivity contribution is 9.10. The SMILES string of the molecule is O=[N+]([O-])c1ccc(S(=O)(=O)N2CCCCCO2)c(Br)c1. The molecule has 110 valence electrons. The zero-order chi connectivity index (χ0) is 14.8. The molecule has 0 aromatic heterocycles. The number of nitro benzene ring substituents is 1. The Labute approximate surface area is 124 Å². The molecule has 0 saturated carbocycles. The lowest BCUT2D eigenvalue weighted by Crippen LogP contribution is -2.31. The van der Waals surface area contributed by atoms with Gasteiger partial charge in [-0.05, 0) is 41.3 Å². The normalized spacial score (nSPS) is 17.6. The molecule has 1 aromatic rings. The van der Waals surface area contributed by atoms with Crippen LogP contribution in [-0.4, -0.2) is 31.0 Å². The van der Waals surface area contributed by atoms with Crippen LogP contribution in [0, 0.1) is 10.1 Å². The number of sulfonamides is 1. The van der Waals surface area contributed by atoms with Crippen LogP contribution in [0.1, 0.15) is 19.3 Å². The number of benzene rings is 1. The Morgan fingerprint density at radius 1 is 1.30 bits per heavy atom. The van der Waals surface area contributed by atoms with Gasteiger partial charge in [0.15, 0.2) is 0 Å². The van der Waals surface area contributed by atoms with E-state index >= 15 is 0 Å². The summed E-state index contributed by atoms with van der Waals surface area (Å²) in [6.45, 7) is 0.635. The van der Waals surface area contributed by atoms with Crippen LogP contribution < -0.4 is 0 Å². The Balaban J connectivity index is 2.36. The van der Waals surface area contributed by atoms with Gasteiger partial charge in [0.05, 0.1) is 16.4 Å². The van der Waals surface area contributed by atoms with Gasteiger partial charge in [-0.2, -0.15) is 0 Å². The zero-order valence-corrected chi connectivity index (χ0v) is 12.9. The molecule has 1 saturated heterocycles. The van der Waals surface area contributed by atoms with E-state index in [1.165, 1.54) is 12.1 Å². The summed E-state index contributed by atoms with van der Waals surface area (Å²) in [7, 11) is -3.82. The highest BCUT2D eigenvalue weighted by Crippen LogP contribution is 2.29. The number of halogens is 1. The van der Waals surface area contributed by atoms with Crippen molar-refractivity contribution < 1.29 is 18.2 Å². The third-order valence-corrected chi connectivity index (χ3v) is 5.55. The molecule has 1 heterocycles. The predicted molar refractivity (Wildman–Crippen MR) is 74.5 cm³/mol. The first-order chi connectivity index (χ1) is 9.43. The molecule has 0 amide bonds. The second kappa shape index (κ2) is 6.17. The fourth-order valence-corrected chi connectivity index (χ4v) is 4.19. The maximum absolute atomic E-state index is 12.4. The molecule has 9 heteroatoms. The zero-order valence-electron chi connectivity index (χ0n) is 10.5. The minimum atomic E-state index is -3.82. The van der Waals surface area contributed by atoms with Crippen molar-refractivity contribution in [2.24, 2.45) is 0 Å². The van der Waals surface area contributed by atoms with Gasteiger partial charge in [0.2, 0.25) is 0 Å². The molecule has 0 unspecified atom stereocenters. The highest BCUT2D eigenvalue weighted by atomic mass is 79.9. The summed E-state index contributed by atoms with van der Waals surface area (Å²) in [4.78, 5) is 15.3. The van der Waals surface area contributed by atoms with Crippen LogP contribution in [0.4, 0.5) is 5.69 Å². The Hall–Kier alpha value is -1.03. The number of rotatable bonds is 3. The molecular formula is C11H13BrN2O5S. The number of nitro groups is 1.